The minimum Gasteiger partial charge on any atom is -0.457 e. The highest BCUT2D eigenvalue weighted by Crippen LogP contribution is 2.33. The van der Waals surface area contributed by atoms with Gasteiger partial charge in [-0.05, 0) is 62.4 Å². The highest BCUT2D eigenvalue weighted by Gasteiger charge is 2.39. The lowest BCUT2D eigenvalue weighted by molar-refractivity contribution is -0.199. The van der Waals surface area contributed by atoms with Gasteiger partial charge in [0.15, 0.2) is 6.10 Å². The van der Waals surface area contributed by atoms with Gasteiger partial charge in [0.1, 0.15) is 11.5 Å². The summed E-state index contributed by atoms with van der Waals surface area (Å²) >= 11 is 0. The number of para-hydroxylation sites is 1. The van der Waals surface area contributed by atoms with Crippen LogP contribution >= 0.6 is 0 Å². The van der Waals surface area contributed by atoms with Crippen LogP contribution in [-0.2, 0) is 0 Å². The molecule has 3 rings (SSSR count). The Bertz CT molecular complexity index is 974. The maximum absolute atomic E-state index is 13.2. The standard InChI is InChI=1S/C25H27F3N2O2/c1-3-29(4-2)19-13-15-20(16-14-19)30(18-24(31)25(26,27)28)21-9-8-12-23(17-21)32-22-10-6-5-7-11-22/h5-17,24,31H,3-4,18H2,1-2H3. The zero-order valence-corrected chi connectivity index (χ0v) is 18.1. The van der Waals surface area contributed by atoms with E-state index < -0.39 is 18.8 Å². The highest BCUT2D eigenvalue weighted by atomic mass is 19.4. The van der Waals surface area contributed by atoms with E-state index in [0.29, 0.717) is 22.9 Å². The molecule has 0 saturated heterocycles. The van der Waals surface area contributed by atoms with Crippen molar-refractivity contribution in [2.75, 3.05) is 29.4 Å². The second-order valence-corrected chi connectivity index (χ2v) is 7.27. The summed E-state index contributed by atoms with van der Waals surface area (Å²) in [6, 6.07) is 23.2. The molecule has 0 heterocycles. The summed E-state index contributed by atoms with van der Waals surface area (Å²) in [6.07, 6.45) is -7.22. The van der Waals surface area contributed by atoms with Gasteiger partial charge in [0, 0.05) is 36.2 Å². The first kappa shape index (κ1) is 23.5. The van der Waals surface area contributed by atoms with Crippen LogP contribution in [0, 0.1) is 0 Å². The Hall–Kier alpha value is -3.19. The number of aliphatic hydroxyl groups is 1. The fourth-order valence-corrected chi connectivity index (χ4v) is 3.41. The topological polar surface area (TPSA) is 35.9 Å². The Morgan fingerprint density at radius 1 is 0.781 bits per heavy atom. The highest BCUT2D eigenvalue weighted by molar-refractivity contribution is 5.67. The first-order chi connectivity index (χ1) is 15.3. The SMILES string of the molecule is CCN(CC)c1ccc(N(CC(O)C(F)(F)F)c2cccc(Oc3ccccc3)c2)cc1. The molecule has 1 atom stereocenters. The number of anilines is 3. The summed E-state index contributed by atoms with van der Waals surface area (Å²) in [4.78, 5) is 3.59. The molecular formula is C25H27F3N2O2. The number of halogens is 3. The van der Waals surface area contributed by atoms with E-state index in [4.69, 9.17) is 4.74 Å². The molecule has 0 aliphatic carbocycles. The van der Waals surface area contributed by atoms with Gasteiger partial charge in [-0.15, -0.1) is 0 Å². The van der Waals surface area contributed by atoms with Gasteiger partial charge >= 0.3 is 6.18 Å². The molecule has 4 nitrogen and oxygen atoms in total. The van der Waals surface area contributed by atoms with Gasteiger partial charge in [-0.25, -0.2) is 0 Å². The molecule has 32 heavy (non-hydrogen) atoms. The molecule has 0 aliphatic heterocycles. The van der Waals surface area contributed by atoms with Crippen LogP contribution in [0.2, 0.25) is 0 Å². The van der Waals surface area contributed by atoms with E-state index in [1.807, 2.05) is 44.2 Å². The van der Waals surface area contributed by atoms with E-state index in [2.05, 4.69) is 4.90 Å². The number of hydrogen-bond donors (Lipinski definition) is 1. The molecule has 1 N–H and O–H groups in total. The number of rotatable bonds is 9. The second-order valence-electron chi connectivity index (χ2n) is 7.27. The van der Waals surface area contributed by atoms with E-state index >= 15 is 0 Å². The predicted molar refractivity (Wildman–Crippen MR) is 122 cm³/mol. The van der Waals surface area contributed by atoms with Crippen molar-refractivity contribution in [2.24, 2.45) is 0 Å². The van der Waals surface area contributed by atoms with E-state index in [9.17, 15) is 18.3 Å². The third kappa shape index (κ3) is 5.95. The zero-order chi connectivity index (χ0) is 23.1. The van der Waals surface area contributed by atoms with Crippen molar-refractivity contribution in [3.05, 3.63) is 78.9 Å². The molecule has 0 spiro atoms. The maximum Gasteiger partial charge on any atom is 0.416 e. The molecule has 0 radical (unpaired) electrons. The van der Waals surface area contributed by atoms with E-state index in [0.717, 1.165) is 18.8 Å². The van der Waals surface area contributed by atoms with Crippen molar-refractivity contribution < 1.29 is 23.0 Å². The van der Waals surface area contributed by atoms with Gasteiger partial charge in [-0.3, -0.25) is 0 Å². The largest absolute Gasteiger partial charge is 0.457 e. The van der Waals surface area contributed by atoms with Crippen LogP contribution in [0.4, 0.5) is 30.2 Å². The summed E-state index contributed by atoms with van der Waals surface area (Å²) in [5.74, 6) is 1.11. The van der Waals surface area contributed by atoms with Crippen molar-refractivity contribution in [1.82, 2.24) is 0 Å². The van der Waals surface area contributed by atoms with Crippen LogP contribution in [0.15, 0.2) is 78.9 Å². The fourth-order valence-electron chi connectivity index (χ4n) is 3.41. The first-order valence-corrected chi connectivity index (χ1v) is 10.5. The van der Waals surface area contributed by atoms with Crippen molar-refractivity contribution >= 4 is 17.1 Å². The van der Waals surface area contributed by atoms with Gasteiger partial charge in [-0.2, -0.15) is 13.2 Å². The van der Waals surface area contributed by atoms with Crippen LogP contribution in [0.3, 0.4) is 0 Å². The Labute approximate surface area is 186 Å². The number of alkyl halides is 3. The molecule has 170 valence electrons. The Morgan fingerprint density at radius 2 is 1.38 bits per heavy atom. The number of aliphatic hydroxyl groups excluding tert-OH is 1. The van der Waals surface area contributed by atoms with Crippen molar-refractivity contribution in [2.45, 2.75) is 26.1 Å². The lowest BCUT2D eigenvalue weighted by Crippen LogP contribution is -2.39. The summed E-state index contributed by atoms with van der Waals surface area (Å²) in [5.41, 5.74) is 2.01. The third-order valence-corrected chi connectivity index (χ3v) is 5.13. The zero-order valence-electron chi connectivity index (χ0n) is 18.1. The van der Waals surface area contributed by atoms with E-state index in [-0.39, 0.29) is 0 Å². The molecule has 0 aromatic heterocycles. The summed E-state index contributed by atoms with van der Waals surface area (Å²) in [6.45, 7) is 5.10. The minimum atomic E-state index is -4.72. The van der Waals surface area contributed by atoms with Gasteiger partial charge in [0.05, 0.1) is 6.54 Å². The number of nitrogens with zero attached hydrogens (tertiary/aromatic N) is 2. The lowest BCUT2D eigenvalue weighted by Gasteiger charge is -2.29. The van der Waals surface area contributed by atoms with Gasteiger partial charge in [0.25, 0.3) is 0 Å². The van der Waals surface area contributed by atoms with Gasteiger partial charge < -0.3 is 19.6 Å². The molecule has 0 fully saturated rings. The quantitative estimate of drug-likeness (QED) is 0.415. The molecule has 1 unspecified atom stereocenters. The monoisotopic (exact) mass is 444 g/mol. The number of hydrogen-bond acceptors (Lipinski definition) is 4. The summed E-state index contributed by atoms with van der Waals surface area (Å²) in [5, 5.41) is 9.80. The van der Waals surface area contributed by atoms with Crippen LogP contribution in [0.25, 0.3) is 0 Å². The Balaban J connectivity index is 1.93. The van der Waals surface area contributed by atoms with E-state index in [1.165, 1.54) is 4.90 Å². The van der Waals surface area contributed by atoms with Crippen LogP contribution in [0.1, 0.15) is 13.8 Å². The van der Waals surface area contributed by atoms with Crippen molar-refractivity contribution in [1.29, 1.82) is 0 Å². The minimum absolute atomic E-state index is 0.484. The van der Waals surface area contributed by atoms with E-state index in [1.54, 1.807) is 48.5 Å². The molecular weight excluding hydrogens is 417 g/mol. The van der Waals surface area contributed by atoms with Gasteiger partial charge in [-0.1, -0.05) is 24.3 Å². The van der Waals surface area contributed by atoms with Crippen LogP contribution in [0.5, 0.6) is 11.5 Å². The van der Waals surface area contributed by atoms with Crippen LogP contribution < -0.4 is 14.5 Å². The normalized spacial score (nSPS) is 12.3. The summed E-state index contributed by atoms with van der Waals surface area (Å²) < 4.78 is 45.3. The molecule has 3 aromatic carbocycles. The number of benzene rings is 3. The van der Waals surface area contributed by atoms with Crippen molar-refractivity contribution in [3.63, 3.8) is 0 Å². The van der Waals surface area contributed by atoms with Gasteiger partial charge in [0.2, 0.25) is 0 Å². The Kier molecular flexibility index (Phi) is 7.64. The molecule has 0 bridgehead atoms. The fraction of sp³-hybridized carbons (Fsp3) is 0.280. The Morgan fingerprint density at radius 3 is 1.97 bits per heavy atom. The molecule has 7 heteroatoms. The maximum atomic E-state index is 13.2. The first-order valence-electron chi connectivity index (χ1n) is 10.5. The smallest absolute Gasteiger partial charge is 0.416 e. The number of ether oxygens (including phenoxy) is 1. The third-order valence-electron chi connectivity index (χ3n) is 5.13. The molecule has 0 amide bonds. The average molecular weight is 444 g/mol. The average Bonchev–Trinajstić information content (AvgIpc) is 2.79. The summed E-state index contributed by atoms with van der Waals surface area (Å²) in [7, 11) is 0. The predicted octanol–water partition coefficient (Wildman–Crippen LogP) is 6.39. The molecule has 0 saturated carbocycles. The second kappa shape index (κ2) is 10.4. The van der Waals surface area contributed by atoms with Crippen LogP contribution in [-0.4, -0.2) is 37.0 Å². The van der Waals surface area contributed by atoms with Crippen molar-refractivity contribution in [3.8, 4) is 11.5 Å². The molecule has 3 aromatic rings. The lowest BCUT2D eigenvalue weighted by atomic mass is 10.2. The molecule has 0 aliphatic rings.